The van der Waals surface area contributed by atoms with Crippen LogP contribution in [0.3, 0.4) is 0 Å². The number of fused-ring (bicyclic) bond motifs is 3. The molecule has 2 aliphatic carbocycles. The molecule has 2 unspecified atom stereocenters. The number of carbonyl (C=O) groups is 2. The molecule has 2 atom stereocenters. The molecular weight excluding hydrogens is 620 g/mol. The number of aromatic nitrogens is 3. The first-order valence-electron chi connectivity index (χ1n) is 16.0. The van der Waals surface area contributed by atoms with Crippen molar-refractivity contribution in [2.45, 2.75) is 76.3 Å². The summed E-state index contributed by atoms with van der Waals surface area (Å²) in [6.45, 7) is 1.46. The van der Waals surface area contributed by atoms with Gasteiger partial charge in [0.1, 0.15) is 11.9 Å². The lowest BCUT2D eigenvalue weighted by Crippen LogP contribution is -2.36. The number of thioether (sulfide) groups is 1. The van der Waals surface area contributed by atoms with Crippen molar-refractivity contribution in [3.05, 3.63) is 51.4 Å². The number of benzene rings is 1. The second-order valence-corrected chi connectivity index (χ2v) is 12.9. The van der Waals surface area contributed by atoms with Gasteiger partial charge in [0.15, 0.2) is 11.5 Å². The average molecular weight is 665 g/mol. The van der Waals surface area contributed by atoms with Crippen molar-refractivity contribution >= 4 is 35.2 Å². The highest BCUT2D eigenvalue weighted by Gasteiger charge is 2.30. The van der Waals surface area contributed by atoms with Gasteiger partial charge in [-0.2, -0.15) is 16.7 Å². The van der Waals surface area contributed by atoms with Crippen LogP contribution < -0.4 is 35.6 Å². The second kappa shape index (κ2) is 15.6. The molecule has 2 aromatic carbocycles. The zero-order valence-corrected chi connectivity index (χ0v) is 28.5. The zero-order chi connectivity index (χ0) is 33.5. The summed E-state index contributed by atoms with van der Waals surface area (Å²) < 4.78 is 17.2. The van der Waals surface area contributed by atoms with Crippen LogP contribution in [0.2, 0.25) is 0 Å². The van der Waals surface area contributed by atoms with Gasteiger partial charge in [-0.1, -0.05) is 25.3 Å². The number of nitrogens with one attached hydrogen (secondary N) is 4. The first kappa shape index (κ1) is 34.1. The third kappa shape index (κ3) is 7.66. The number of H-pyrrole nitrogens is 1. The molecule has 3 aromatic rings. The second-order valence-electron chi connectivity index (χ2n) is 11.9. The van der Waals surface area contributed by atoms with E-state index in [4.69, 9.17) is 14.2 Å². The highest BCUT2D eigenvalue weighted by Crippen LogP contribution is 2.50. The summed E-state index contributed by atoms with van der Waals surface area (Å²) in [5.41, 5.74) is 2.97. The Morgan fingerprint density at radius 3 is 2.49 bits per heavy atom. The highest BCUT2D eigenvalue weighted by atomic mass is 32.2. The van der Waals surface area contributed by atoms with E-state index in [1.807, 2.05) is 18.4 Å². The van der Waals surface area contributed by atoms with Crippen LogP contribution in [0, 0.1) is 0 Å². The Morgan fingerprint density at radius 1 is 1.04 bits per heavy atom. The van der Waals surface area contributed by atoms with Gasteiger partial charge in [-0.3, -0.25) is 24.8 Å². The lowest BCUT2D eigenvalue weighted by atomic mass is 9.89. The van der Waals surface area contributed by atoms with Gasteiger partial charge in [0, 0.05) is 18.4 Å². The van der Waals surface area contributed by atoms with Crippen LogP contribution in [-0.4, -0.2) is 66.4 Å². The minimum absolute atomic E-state index is 0.209. The molecule has 1 aromatic heterocycles. The van der Waals surface area contributed by atoms with Crippen LogP contribution in [0.5, 0.6) is 17.2 Å². The predicted molar refractivity (Wildman–Crippen MR) is 184 cm³/mol. The Kier molecular flexibility index (Phi) is 11.3. The van der Waals surface area contributed by atoms with Gasteiger partial charge >= 0.3 is 0 Å². The van der Waals surface area contributed by atoms with Gasteiger partial charge in [0.05, 0.1) is 33.1 Å². The van der Waals surface area contributed by atoms with E-state index < -0.39 is 12.1 Å². The third-order valence-electron chi connectivity index (χ3n) is 8.90. The Morgan fingerprint density at radius 2 is 1.81 bits per heavy atom. The number of nitrogens with zero attached hydrogens (tertiary/aromatic N) is 2. The average Bonchev–Trinajstić information content (AvgIpc) is 3.42. The maximum absolute atomic E-state index is 13.9. The quantitative estimate of drug-likeness (QED) is 0.203. The zero-order valence-electron chi connectivity index (χ0n) is 27.7. The first-order valence-corrected chi connectivity index (χ1v) is 17.4. The largest absolute Gasteiger partial charge is 0.493 e. The van der Waals surface area contributed by atoms with E-state index in [-0.39, 0.29) is 28.9 Å². The Balaban J connectivity index is 1.52. The van der Waals surface area contributed by atoms with Crippen molar-refractivity contribution in [1.82, 2.24) is 20.5 Å². The number of anilines is 2. The van der Waals surface area contributed by atoms with Crippen molar-refractivity contribution in [2.75, 3.05) is 44.0 Å². The number of ether oxygens (including phenoxy) is 3. The summed E-state index contributed by atoms with van der Waals surface area (Å²) in [6, 6.07) is 5.80. The van der Waals surface area contributed by atoms with Gasteiger partial charge in [-0.05, 0) is 79.0 Å². The fourth-order valence-corrected chi connectivity index (χ4v) is 7.08. The third-order valence-corrected chi connectivity index (χ3v) is 9.55. The molecule has 5 rings (SSSR count). The van der Waals surface area contributed by atoms with Gasteiger partial charge in [0.2, 0.25) is 28.9 Å². The minimum atomic E-state index is -0.730. The molecule has 13 heteroatoms. The van der Waals surface area contributed by atoms with E-state index in [1.165, 1.54) is 13.3 Å². The van der Waals surface area contributed by atoms with Crippen LogP contribution >= 0.6 is 11.8 Å². The summed E-state index contributed by atoms with van der Waals surface area (Å²) in [4.78, 5) is 44.3. The Hall–Kier alpha value is -4.26. The molecule has 0 spiro atoms. The van der Waals surface area contributed by atoms with E-state index in [0.29, 0.717) is 59.3 Å². The summed E-state index contributed by atoms with van der Waals surface area (Å²) in [6.07, 6.45) is 9.24. The number of amides is 2. The number of aromatic amines is 1. The lowest BCUT2D eigenvalue weighted by molar-refractivity contribution is -0.120. The summed E-state index contributed by atoms with van der Waals surface area (Å²) >= 11 is 1.61. The summed E-state index contributed by atoms with van der Waals surface area (Å²) in [5, 5.41) is 16.3. The van der Waals surface area contributed by atoms with Crippen molar-refractivity contribution in [1.29, 1.82) is 0 Å². The fourth-order valence-electron chi connectivity index (χ4n) is 6.61. The molecule has 1 heterocycles. The normalized spacial score (nSPS) is 16.6. The monoisotopic (exact) mass is 664 g/mol. The van der Waals surface area contributed by atoms with E-state index in [0.717, 1.165) is 42.6 Å². The SMILES string of the molecule is COc1cc2c(c(OC)c1OC)-c1ccc(NC(CCSC)C(=O)Nc3n[nH]c(C4CCCCC4)n3)c(=O)cc1C(NC(C)=O)CC2. The molecule has 0 saturated heterocycles. The molecule has 2 aliphatic rings. The smallest absolute Gasteiger partial charge is 0.249 e. The molecule has 0 aliphatic heterocycles. The molecule has 252 valence electrons. The summed E-state index contributed by atoms with van der Waals surface area (Å²) in [5.74, 6) is 2.91. The van der Waals surface area contributed by atoms with Crippen molar-refractivity contribution in [3.63, 3.8) is 0 Å². The van der Waals surface area contributed by atoms with Crippen molar-refractivity contribution in [3.8, 4) is 28.4 Å². The molecule has 0 bridgehead atoms. The number of methoxy groups -OCH3 is 3. The van der Waals surface area contributed by atoms with Gasteiger partial charge < -0.3 is 24.8 Å². The minimum Gasteiger partial charge on any atom is -0.493 e. The highest BCUT2D eigenvalue weighted by molar-refractivity contribution is 7.98. The van der Waals surface area contributed by atoms with Crippen LogP contribution in [-0.2, 0) is 16.0 Å². The van der Waals surface area contributed by atoms with Gasteiger partial charge in [-0.25, -0.2) is 0 Å². The number of aryl methyl sites for hydroxylation is 1. The van der Waals surface area contributed by atoms with Gasteiger partial charge in [0.25, 0.3) is 0 Å². The van der Waals surface area contributed by atoms with Crippen LogP contribution in [0.1, 0.15) is 80.8 Å². The number of hydrogen-bond donors (Lipinski definition) is 4. The fraction of sp³-hybridized carbons (Fsp3) is 0.500. The topological polar surface area (TPSA) is 157 Å². The molecule has 4 N–H and O–H groups in total. The Labute approximate surface area is 279 Å². The van der Waals surface area contributed by atoms with Gasteiger partial charge in [-0.15, -0.1) is 5.10 Å². The van der Waals surface area contributed by atoms with Crippen LogP contribution in [0.15, 0.2) is 29.1 Å². The van der Waals surface area contributed by atoms with E-state index in [9.17, 15) is 14.4 Å². The standard InChI is InChI=1S/C34H44N6O6S/c1-19(41)35-24-13-11-21-17-28(44-2)30(45-3)31(46-4)29(21)22-12-14-25(27(42)18-23(22)24)36-26(15-16-47-5)33(43)38-34-37-32(39-40-34)20-9-7-6-8-10-20/h12,14,17-18,20,24,26H,6-11,13,15-16H2,1-5H3,(H,35,41)(H,36,42)(H2,37,38,39,40,43). The molecule has 1 fully saturated rings. The number of rotatable bonds is 12. The predicted octanol–water partition coefficient (Wildman–Crippen LogP) is 5.20. The molecular formula is C34H44N6O6S. The first-order chi connectivity index (χ1) is 22.8. The lowest BCUT2D eigenvalue weighted by Gasteiger charge is -2.19. The van der Waals surface area contributed by atoms with E-state index in [1.54, 1.807) is 45.2 Å². The molecule has 47 heavy (non-hydrogen) atoms. The van der Waals surface area contributed by atoms with E-state index >= 15 is 0 Å². The van der Waals surface area contributed by atoms with Crippen LogP contribution in [0.25, 0.3) is 11.1 Å². The maximum Gasteiger partial charge on any atom is 0.249 e. The van der Waals surface area contributed by atoms with Crippen LogP contribution in [0.4, 0.5) is 11.6 Å². The molecule has 1 saturated carbocycles. The number of hydrogen-bond acceptors (Lipinski definition) is 10. The molecule has 12 nitrogen and oxygen atoms in total. The van der Waals surface area contributed by atoms with Crippen molar-refractivity contribution in [2.24, 2.45) is 0 Å². The number of carbonyl (C=O) groups excluding carboxylic acids is 2. The van der Waals surface area contributed by atoms with Crippen molar-refractivity contribution < 1.29 is 23.8 Å². The molecule has 2 amide bonds. The summed E-state index contributed by atoms with van der Waals surface area (Å²) in [7, 11) is 4.67. The Bertz CT molecular complexity index is 1660. The maximum atomic E-state index is 13.9. The molecule has 0 radical (unpaired) electrons. The van der Waals surface area contributed by atoms with E-state index in [2.05, 4.69) is 31.1 Å².